The number of anilines is 2. The third-order valence-corrected chi connectivity index (χ3v) is 3.40. The molecule has 0 saturated heterocycles. The van der Waals surface area contributed by atoms with Crippen molar-refractivity contribution >= 4 is 23.8 Å². The summed E-state index contributed by atoms with van der Waals surface area (Å²) in [5.74, 6) is -0.0702. The van der Waals surface area contributed by atoms with E-state index in [0.29, 0.717) is 30.7 Å². The molecule has 0 aliphatic carbocycles. The molecule has 150 valence electrons. The van der Waals surface area contributed by atoms with E-state index in [4.69, 9.17) is 9.47 Å². The predicted molar refractivity (Wildman–Crippen MR) is 102 cm³/mol. The molecule has 1 aromatic heterocycles. The summed E-state index contributed by atoms with van der Waals surface area (Å²) in [6, 6.07) is 6.28. The highest BCUT2D eigenvalue weighted by Crippen LogP contribution is 2.21. The maximum Gasteiger partial charge on any atom is 0.346 e. The van der Waals surface area contributed by atoms with Gasteiger partial charge in [-0.25, -0.2) is 9.59 Å². The predicted octanol–water partition coefficient (Wildman–Crippen LogP) is 2.25. The van der Waals surface area contributed by atoms with Crippen LogP contribution in [0.4, 0.5) is 11.9 Å². The van der Waals surface area contributed by atoms with Gasteiger partial charge in [-0.15, -0.1) is 0 Å². The van der Waals surface area contributed by atoms with Crippen LogP contribution in [0.5, 0.6) is 11.8 Å². The summed E-state index contributed by atoms with van der Waals surface area (Å²) in [5, 5.41) is 6.01. The minimum absolute atomic E-state index is 0.108. The Hall–Kier alpha value is -3.43. The Bertz CT molecular complexity index is 788. The van der Waals surface area contributed by atoms with Gasteiger partial charge in [0, 0.05) is 13.1 Å². The molecule has 0 bridgehead atoms. The van der Waals surface area contributed by atoms with Gasteiger partial charge in [-0.05, 0) is 45.0 Å². The van der Waals surface area contributed by atoms with Crippen LogP contribution in [0.3, 0.4) is 0 Å². The van der Waals surface area contributed by atoms with Gasteiger partial charge in [0.05, 0.1) is 12.7 Å². The van der Waals surface area contributed by atoms with Crippen molar-refractivity contribution in [2.45, 2.75) is 26.9 Å². The summed E-state index contributed by atoms with van der Waals surface area (Å²) in [4.78, 5) is 36.0. The second-order valence-electron chi connectivity index (χ2n) is 5.52. The molecule has 1 aromatic carbocycles. The number of aromatic nitrogens is 3. The average molecular weight is 389 g/mol. The van der Waals surface area contributed by atoms with E-state index in [0.717, 1.165) is 0 Å². The van der Waals surface area contributed by atoms with Gasteiger partial charge in [0.15, 0.2) is 6.10 Å². The molecule has 0 saturated carbocycles. The third-order valence-electron chi connectivity index (χ3n) is 3.40. The average Bonchev–Trinajstić information content (AvgIpc) is 2.68. The Morgan fingerprint density at radius 1 is 1.00 bits per heavy atom. The number of carbonyl (C=O) groups is 2. The van der Waals surface area contributed by atoms with Crippen LogP contribution < -0.4 is 15.4 Å². The van der Waals surface area contributed by atoms with Crippen molar-refractivity contribution in [3.05, 3.63) is 29.8 Å². The van der Waals surface area contributed by atoms with E-state index in [1.54, 1.807) is 12.1 Å². The molecule has 28 heavy (non-hydrogen) atoms. The Labute approximate surface area is 162 Å². The molecule has 0 aliphatic rings. The number of carbonyl (C=O) groups excluding carboxylic acids is 2. The number of esters is 2. The Morgan fingerprint density at radius 3 is 2.07 bits per heavy atom. The van der Waals surface area contributed by atoms with E-state index in [2.05, 4.69) is 30.3 Å². The molecule has 2 rings (SSSR count). The van der Waals surface area contributed by atoms with Crippen LogP contribution in [-0.2, 0) is 14.3 Å². The highest BCUT2D eigenvalue weighted by molar-refractivity contribution is 5.91. The highest BCUT2D eigenvalue weighted by Gasteiger charge is 2.19. The zero-order valence-electron chi connectivity index (χ0n) is 16.2. The lowest BCUT2D eigenvalue weighted by Crippen LogP contribution is -2.25. The molecule has 0 fully saturated rings. The summed E-state index contributed by atoms with van der Waals surface area (Å²) in [7, 11) is 1.23. The molecule has 0 aliphatic heterocycles. The second kappa shape index (κ2) is 10.0. The maximum atomic E-state index is 12.1. The van der Waals surface area contributed by atoms with Crippen molar-refractivity contribution in [2.24, 2.45) is 0 Å². The van der Waals surface area contributed by atoms with Gasteiger partial charge in [0.25, 0.3) is 0 Å². The fourth-order valence-corrected chi connectivity index (χ4v) is 2.08. The van der Waals surface area contributed by atoms with Gasteiger partial charge in [-0.1, -0.05) is 0 Å². The molecule has 0 radical (unpaired) electrons. The first kappa shape index (κ1) is 20.9. The van der Waals surface area contributed by atoms with E-state index in [1.165, 1.54) is 26.2 Å². The highest BCUT2D eigenvalue weighted by atomic mass is 16.6. The lowest BCUT2D eigenvalue weighted by Gasteiger charge is -2.11. The van der Waals surface area contributed by atoms with Crippen LogP contribution in [0, 0.1) is 0 Å². The zero-order valence-corrected chi connectivity index (χ0v) is 16.2. The van der Waals surface area contributed by atoms with Crippen LogP contribution >= 0.6 is 0 Å². The lowest BCUT2D eigenvalue weighted by atomic mass is 10.2. The molecular formula is C18H23N5O5. The summed E-state index contributed by atoms with van der Waals surface area (Å²) < 4.78 is 15.2. The molecule has 10 nitrogen and oxygen atoms in total. The van der Waals surface area contributed by atoms with Crippen LogP contribution in [-0.4, -0.2) is 53.2 Å². The first-order valence-corrected chi connectivity index (χ1v) is 8.77. The number of hydrogen-bond acceptors (Lipinski definition) is 10. The quantitative estimate of drug-likeness (QED) is 0.617. The van der Waals surface area contributed by atoms with Crippen molar-refractivity contribution in [3.63, 3.8) is 0 Å². The summed E-state index contributed by atoms with van der Waals surface area (Å²) in [6.45, 7) is 6.59. The number of ether oxygens (including phenoxy) is 3. The van der Waals surface area contributed by atoms with Crippen molar-refractivity contribution in [3.8, 4) is 11.8 Å². The van der Waals surface area contributed by atoms with Crippen LogP contribution in [0.25, 0.3) is 0 Å². The molecule has 0 unspecified atom stereocenters. The van der Waals surface area contributed by atoms with Crippen molar-refractivity contribution < 1.29 is 23.8 Å². The number of nitrogens with zero attached hydrogens (tertiary/aromatic N) is 3. The van der Waals surface area contributed by atoms with E-state index in [-0.39, 0.29) is 11.6 Å². The fourth-order valence-electron chi connectivity index (χ4n) is 2.08. The summed E-state index contributed by atoms with van der Waals surface area (Å²) in [6.07, 6.45) is -0.993. The standard InChI is InChI=1S/C18H23N5O5/c1-5-19-16-21-17(20-6-2)23-18(22-16)28-13-9-7-12(8-10-13)15(25)27-11(3)14(24)26-4/h7-11H,5-6H2,1-4H3,(H2,19,20,21,22,23)/t11-/m0/s1. The van der Waals surface area contributed by atoms with E-state index in [9.17, 15) is 9.59 Å². The fraction of sp³-hybridized carbons (Fsp3) is 0.389. The number of rotatable bonds is 9. The van der Waals surface area contributed by atoms with Crippen molar-refractivity contribution in [1.82, 2.24) is 15.0 Å². The van der Waals surface area contributed by atoms with Gasteiger partial charge in [0.2, 0.25) is 11.9 Å². The van der Waals surface area contributed by atoms with E-state index >= 15 is 0 Å². The molecule has 0 spiro atoms. The minimum atomic E-state index is -0.993. The zero-order chi connectivity index (χ0) is 20.5. The smallest absolute Gasteiger partial charge is 0.346 e. The molecule has 2 N–H and O–H groups in total. The van der Waals surface area contributed by atoms with Gasteiger partial charge in [-0.3, -0.25) is 0 Å². The first-order valence-electron chi connectivity index (χ1n) is 8.77. The van der Waals surface area contributed by atoms with Crippen LogP contribution in [0.2, 0.25) is 0 Å². The Kier molecular flexibility index (Phi) is 7.49. The third kappa shape index (κ3) is 5.79. The molecule has 1 atom stereocenters. The monoisotopic (exact) mass is 389 g/mol. The second-order valence-corrected chi connectivity index (χ2v) is 5.52. The molecular weight excluding hydrogens is 366 g/mol. The summed E-state index contributed by atoms with van der Waals surface area (Å²) in [5.41, 5.74) is 0.264. The van der Waals surface area contributed by atoms with Crippen LogP contribution in [0.15, 0.2) is 24.3 Å². The summed E-state index contributed by atoms with van der Waals surface area (Å²) >= 11 is 0. The number of methoxy groups -OCH3 is 1. The molecule has 2 aromatic rings. The SMILES string of the molecule is CCNc1nc(NCC)nc(Oc2ccc(C(=O)O[C@@H](C)C(=O)OC)cc2)n1. The lowest BCUT2D eigenvalue weighted by molar-refractivity contribution is -0.149. The molecule has 0 amide bonds. The number of hydrogen-bond donors (Lipinski definition) is 2. The van der Waals surface area contributed by atoms with Gasteiger partial charge in [0.1, 0.15) is 5.75 Å². The number of benzene rings is 1. The Balaban J connectivity index is 2.09. The van der Waals surface area contributed by atoms with Gasteiger partial charge >= 0.3 is 17.9 Å². The normalized spacial score (nSPS) is 11.3. The van der Waals surface area contributed by atoms with Gasteiger partial charge in [-0.2, -0.15) is 15.0 Å². The minimum Gasteiger partial charge on any atom is -0.466 e. The largest absolute Gasteiger partial charge is 0.466 e. The van der Waals surface area contributed by atoms with E-state index in [1.807, 2.05) is 13.8 Å². The number of nitrogens with one attached hydrogen (secondary N) is 2. The first-order chi connectivity index (χ1) is 13.5. The van der Waals surface area contributed by atoms with Crippen molar-refractivity contribution in [2.75, 3.05) is 30.8 Å². The topological polar surface area (TPSA) is 125 Å². The molecule has 1 heterocycles. The van der Waals surface area contributed by atoms with Gasteiger partial charge < -0.3 is 24.8 Å². The van der Waals surface area contributed by atoms with E-state index < -0.39 is 18.0 Å². The van der Waals surface area contributed by atoms with Crippen molar-refractivity contribution in [1.29, 1.82) is 0 Å². The van der Waals surface area contributed by atoms with Crippen LogP contribution in [0.1, 0.15) is 31.1 Å². The maximum absolute atomic E-state index is 12.1. The Morgan fingerprint density at radius 2 is 1.57 bits per heavy atom. The molecule has 10 heteroatoms.